The average Bonchev–Trinajstić information content (AvgIpc) is 2.43. The van der Waals surface area contributed by atoms with Crippen molar-refractivity contribution in [1.29, 1.82) is 0 Å². The van der Waals surface area contributed by atoms with Crippen molar-refractivity contribution < 1.29 is 0 Å². The Morgan fingerprint density at radius 1 is 1.06 bits per heavy atom. The second kappa shape index (κ2) is 7.53. The quantitative estimate of drug-likeness (QED) is 0.710. The normalized spacial score (nSPS) is 26.0. The molecule has 1 fully saturated rings. The van der Waals surface area contributed by atoms with Crippen LogP contribution in [0.3, 0.4) is 0 Å². The third kappa shape index (κ3) is 6.78. The van der Waals surface area contributed by atoms with Crippen molar-refractivity contribution in [3.8, 4) is 0 Å². The van der Waals surface area contributed by atoms with E-state index in [9.17, 15) is 0 Å². The van der Waals surface area contributed by atoms with Crippen molar-refractivity contribution in [2.24, 2.45) is 16.7 Å². The molecule has 2 unspecified atom stereocenters. The highest BCUT2D eigenvalue weighted by atomic mass is 14.9. The molecule has 18 heavy (non-hydrogen) atoms. The van der Waals surface area contributed by atoms with Crippen LogP contribution in [-0.2, 0) is 0 Å². The Hall–Kier alpha value is -0.0400. The van der Waals surface area contributed by atoms with Crippen molar-refractivity contribution >= 4 is 0 Å². The van der Waals surface area contributed by atoms with E-state index >= 15 is 0 Å². The minimum Gasteiger partial charge on any atom is -0.313 e. The van der Waals surface area contributed by atoms with Gasteiger partial charge in [-0.3, -0.25) is 0 Å². The molecule has 1 aliphatic heterocycles. The lowest BCUT2D eigenvalue weighted by Gasteiger charge is -2.40. The van der Waals surface area contributed by atoms with Gasteiger partial charge in [0.15, 0.2) is 0 Å². The third-order valence-electron chi connectivity index (χ3n) is 3.83. The van der Waals surface area contributed by atoms with Crippen molar-refractivity contribution in [2.75, 3.05) is 6.54 Å². The monoisotopic (exact) mass is 255 g/mol. The van der Waals surface area contributed by atoms with Crippen molar-refractivity contribution in [3.63, 3.8) is 0 Å². The highest BCUT2D eigenvalue weighted by Gasteiger charge is 2.34. The lowest BCUT2D eigenvalue weighted by atomic mass is 9.70. The van der Waals surface area contributed by atoms with E-state index in [1.807, 2.05) is 13.8 Å². The largest absolute Gasteiger partial charge is 0.313 e. The Kier molecular flexibility index (Phi) is 7.51. The van der Waals surface area contributed by atoms with Gasteiger partial charge in [-0.2, -0.15) is 0 Å². The van der Waals surface area contributed by atoms with E-state index in [-0.39, 0.29) is 0 Å². The van der Waals surface area contributed by atoms with Crippen LogP contribution in [0.1, 0.15) is 81.1 Å². The molecule has 0 aromatic rings. The van der Waals surface area contributed by atoms with Crippen molar-refractivity contribution in [1.82, 2.24) is 5.32 Å². The molecule has 0 aromatic heterocycles. The number of hydrogen-bond donors (Lipinski definition) is 1. The zero-order valence-electron chi connectivity index (χ0n) is 14.2. The zero-order chi connectivity index (χ0) is 14.4. The molecule has 1 rings (SSSR count). The highest BCUT2D eigenvalue weighted by molar-refractivity contribution is 4.89. The predicted octanol–water partition coefficient (Wildman–Crippen LogP) is 5.25. The van der Waals surface area contributed by atoms with E-state index in [0.29, 0.717) is 16.9 Å². The molecule has 1 heterocycles. The number of nitrogens with one attached hydrogen (secondary N) is 1. The summed E-state index contributed by atoms with van der Waals surface area (Å²) in [5.74, 6) is 0.888. The molecule has 1 nitrogen and oxygen atoms in total. The van der Waals surface area contributed by atoms with Crippen LogP contribution in [0, 0.1) is 16.7 Å². The van der Waals surface area contributed by atoms with Crippen LogP contribution in [0.4, 0.5) is 0 Å². The van der Waals surface area contributed by atoms with Crippen LogP contribution in [0.25, 0.3) is 0 Å². The van der Waals surface area contributed by atoms with E-state index in [1.54, 1.807) is 0 Å². The molecule has 0 saturated carbocycles. The van der Waals surface area contributed by atoms with Gasteiger partial charge in [0.1, 0.15) is 0 Å². The Labute approximate surface area is 116 Å². The van der Waals surface area contributed by atoms with Gasteiger partial charge in [0.05, 0.1) is 0 Å². The summed E-state index contributed by atoms with van der Waals surface area (Å²) in [4.78, 5) is 0. The third-order valence-corrected chi connectivity index (χ3v) is 3.83. The summed E-state index contributed by atoms with van der Waals surface area (Å²) in [6, 6.07) is 0.698. The van der Waals surface area contributed by atoms with Gasteiger partial charge in [-0.1, -0.05) is 55.4 Å². The van der Waals surface area contributed by atoms with Crippen molar-refractivity contribution in [3.05, 3.63) is 0 Å². The van der Waals surface area contributed by atoms with Crippen LogP contribution in [0.2, 0.25) is 0 Å². The second-order valence-electron chi connectivity index (χ2n) is 7.72. The van der Waals surface area contributed by atoms with Crippen LogP contribution in [-0.4, -0.2) is 12.6 Å². The maximum absolute atomic E-state index is 3.77. The molecule has 0 radical (unpaired) electrons. The van der Waals surface area contributed by atoms with Gasteiger partial charge in [-0.05, 0) is 49.0 Å². The molecule has 110 valence electrons. The van der Waals surface area contributed by atoms with E-state index in [4.69, 9.17) is 0 Å². The summed E-state index contributed by atoms with van der Waals surface area (Å²) in [7, 11) is 0. The van der Waals surface area contributed by atoms with E-state index < -0.39 is 0 Å². The Bertz CT molecular complexity index is 212. The van der Waals surface area contributed by atoms with Gasteiger partial charge in [0, 0.05) is 6.04 Å². The van der Waals surface area contributed by atoms with Gasteiger partial charge in [-0.25, -0.2) is 0 Å². The molecule has 0 amide bonds. The Morgan fingerprint density at radius 2 is 1.61 bits per heavy atom. The molecule has 1 saturated heterocycles. The topological polar surface area (TPSA) is 12.0 Å². The fourth-order valence-electron chi connectivity index (χ4n) is 3.42. The molecule has 0 aromatic carbocycles. The molecule has 0 bridgehead atoms. The lowest BCUT2D eigenvalue weighted by molar-refractivity contribution is 0.142. The molecular formula is C17H37N. The average molecular weight is 255 g/mol. The first-order valence-electron chi connectivity index (χ1n) is 7.94. The first-order valence-corrected chi connectivity index (χ1v) is 7.94. The number of rotatable bonds is 2. The second-order valence-corrected chi connectivity index (χ2v) is 7.72. The smallest absolute Gasteiger partial charge is 0.0121 e. The SMILES string of the molecule is CC.CC1CCCNC(C(C)(C)CC(C)(C)C)C1. The maximum atomic E-state index is 3.77. The molecular weight excluding hydrogens is 218 g/mol. The minimum absolute atomic E-state index is 0.414. The Morgan fingerprint density at radius 3 is 2.11 bits per heavy atom. The van der Waals surface area contributed by atoms with Crippen LogP contribution < -0.4 is 5.32 Å². The molecule has 0 spiro atoms. The van der Waals surface area contributed by atoms with Gasteiger partial charge in [0.25, 0.3) is 0 Å². The number of hydrogen-bond acceptors (Lipinski definition) is 1. The van der Waals surface area contributed by atoms with Crippen molar-refractivity contribution in [2.45, 2.75) is 87.1 Å². The minimum atomic E-state index is 0.414. The first-order chi connectivity index (χ1) is 8.21. The van der Waals surface area contributed by atoms with Crippen LogP contribution >= 0.6 is 0 Å². The first kappa shape index (κ1) is 18.0. The van der Waals surface area contributed by atoms with Gasteiger partial charge in [-0.15, -0.1) is 0 Å². The fraction of sp³-hybridized carbons (Fsp3) is 1.00. The molecule has 1 aliphatic rings. The Balaban J connectivity index is 0.00000137. The summed E-state index contributed by atoms with van der Waals surface area (Å²) in [6.45, 7) is 19.6. The molecule has 1 heteroatoms. The zero-order valence-corrected chi connectivity index (χ0v) is 14.2. The summed E-state index contributed by atoms with van der Waals surface area (Å²) in [5, 5.41) is 3.77. The molecule has 2 atom stereocenters. The molecule has 0 aliphatic carbocycles. The maximum Gasteiger partial charge on any atom is 0.0121 e. The van der Waals surface area contributed by atoms with Crippen LogP contribution in [0.5, 0.6) is 0 Å². The summed E-state index contributed by atoms with van der Waals surface area (Å²) in [5.41, 5.74) is 0.845. The van der Waals surface area contributed by atoms with Crippen LogP contribution in [0.15, 0.2) is 0 Å². The fourth-order valence-corrected chi connectivity index (χ4v) is 3.42. The summed E-state index contributed by atoms with van der Waals surface area (Å²) < 4.78 is 0. The standard InChI is InChI=1S/C15H31N.C2H6/c1-12-8-7-9-16-13(10-12)15(5,6)11-14(2,3)4;1-2/h12-13,16H,7-11H2,1-6H3;1-2H3. The molecule has 1 N–H and O–H groups in total. The van der Waals surface area contributed by atoms with E-state index in [1.165, 1.54) is 32.2 Å². The summed E-state index contributed by atoms with van der Waals surface area (Å²) in [6.07, 6.45) is 5.39. The van der Waals surface area contributed by atoms with Gasteiger partial charge >= 0.3 is 0 Å². The van der Waals surface area contributed by atoms with E-state index in [0.717, 1.165) is 5.92 Å². The van der Waals surface area contributed by atoms with E-state index in [2.05, 4.69) is 46.9 Å². The lowest BCUT2D eigenvalue weighted by Crippen LogP contribution is -2.43. The highest BCUT2D eigenvalue weighted by Crippen LogP contribution is 2.38. The van der Waals surface area contributed by atoms with Gasteiger partial charge in [0.2, 0.25) is 0 Å². The predicted molar refractivity (Wildman–Crippen MR) is 84.0 cm³/mol. The van der Waals surface area contributed by atoms with Gasteiger partial charge < -0.3 is 5.32 Å². The summed E-state index contributed by atoms with van der Waals surface area (Å²) >= 11 is 0.